The molecule has 1 unspecified atom stereocenters. The first-order valence-electron chi connectivity index (χ1n) is 11.2. The van der Waals surface area contributed by atoms with Gasteiger partial charge in [0.15, 0.2) is 5.82 Å². The minimum atomic E-state index is -1.02. The molecule has 2 aliphatic carbocycles. The van der Waals surface area contributed by atoms with Crippen LogP contribution in [0, 0.1) is 23.6 Å². The molecule has 3 N–H and O–H groups in total. The summed E-state index contributed by atoms with van der Waals surface area (Å²) in [4.78, 5) is 15.0. The topological polar surface area (TPSA) is 93.1 Å². The third-order valence-electron chi connectivity index (χ3n) is 6.90. The molecule has 2 saturated carbocycles. The first-order chi connectivity index (χ1) is 15.4. The molecule has 4 heterocycles. The maximum atomic E-state index is 14.7. The number of rotatable bonds is 4. The number of nitrogens with two attached hydrogens (primary N) is 1. The van der Waals surface area contributed by atoms with Gasteiger partial charge in [0.05, 0.1) is 24.0 Å². The van der Waals surface area contributed by atoms with E-state index in [1.54, 1.807) is 13.1 Å². The van der Waals surface area contributed by atoms with Gasteiger partial charge in [0.2, 0.25) is 5.95 Å². The molecule has 0 bridgehead atoms. The molecule has 32 heavy (non-hydrogen) atoms. The Bertz CT molecular complexity index is 1270. The van der Waals surface area contributed by atoms with Crippen molar-refractivity contribution in [2.45, 2.75) is 50.3 Å². The number of hydrogen-bond acceptors (Lipinski definition) is 6. The highest BCUT2D eigenvalue weighted by Crippen LogP contribution is 2.40. The normalized spacial score (nSPS) is 21.1. The molecule has 8 heteroatoms. The number of likely N-dealkylation sites (tertiary alicyclic amines) is 1. The second-order valence-corrected chi connectivity index (χ2v) is 9.47. The summed E-state index contributed by atoms with van der Waals surface area (Å²) >= 11 is 0. The van der Waals surface area contributed by atoms with Crippen LogP contribution in [0.3, 0.4) is 0 Å². The summed E-state index contributed by atoms with van der Waals surface area (Å²) in [6, 6.07) is 2.89. The lowest BCUT2D eigenvalue weighted by Gasteiger charge is -2.40. The molecule has 1 saturated heterocycles. The summed E-state index contributed by atoms with van der Waals surface area (Å²) in [5, 5.41) is 11.3. The number of nitrogens with zero attached hydrogens (tertiary/aromatic N) is 5. The zero-order chi connectivity index (χ0) is 22.0. The molecule has 7 nitrogen and oxygen atoms in total. The largest absolute Gasteiger partial charge is 0.378 e. The summed E-state index contributed by atoms with van der Waals surface area (Å²) in [5.74, 6) is 5.72. The molecule has 3 fully saturated rings. The number of anilines is 1. The third kappa shape index (κ3) is 3.42. The van der Waals surface area contributed by atoms with Crippen molar-refractivity contribution in [3.8, 4) is 23.1 Å². The Kier molecular flexibility index (Phi) is 4.29. The van der Waals surface area contributed by atoms with Gasteiger partial charge in [-0.15, -0.1) is 0 Å². The summed E-state index contributed by atoms with van der Waals surface area (Å²) in [6.07, 6.45) is 9.39. The van der Waals surface area contributed by atoms with E-state index >= 15 is 0 Å². The van der Waals surface area contributed by atoms with E-state index in [-0.39, 0.29) is 17.6 Å². The lowest BCUT2D eigenvalue weighted by Crippen LogP contribution is -2.48. The van der Waals surface area contributed by atoms with Gasteiger partial charge in [0.25, 0.3) is 0 Å². The number of pyridine rings is 1. The monoisotopic (exact) mass is 432 g/mol. The van der Waals surface area contributed by atoms with Crippen LogP contribution in [0.4, 0.5) is 10.3 Å². The number of halogens is 1. The van der Waals surface area contributed by atoms with Crippen molar-refractivity contribution in [3.63, 3.8) is 0 Å². The average molecular weight is 433 g/mol. The van der Waals surface area contributed by atoms with Crippen LogP contribution >= 0.6 is 0 Å². The lowest BCUT2D eigenvalue weighted by atomic mass is 10.0. The minimum Gasteiger partial charge on any atom is -0.378 e. The molecule has 0 spiro atoms. The van der Waals surface area contributed by atoms with E-state index in [9.17, 15) is 9.50 Å². The lowest BCUT2D eigenvalue weighted by molar-refractivity contribution is 0.0980. The van der Waals surface area contributed by atoms with Crippen LogP contribution in [0.15, 0.2) is 24.7 Å². The molecule has 6 rings (SSSR count). The maximum Gasteiger partial charge on any atom is 0.220 e. The van der Waals surface area contributed by atoms with Crippen molar-refractivity contribution in [2.24, 2.45) is 5.92 Å². The molecule has 0 amide bonds. The summed E-state index contributed by atoms with van der Waals surface area (Å²) in [7, 11) is 0. The van der Waals surface area contributed by atoms with Gasteiger partial charge in [-0.25, -0.2) is 19.3 Å². The fourth-order valence-electron chi connectivity index (χ4n) is 4.62. The van der Waals surface area contributed by atoms with Crippen LogP contribution in [0.2, 0.25) is 0 Å². The first-order valence-corrected chi connectivity index (χ1v) is 11.2. The van der Waals surface area contributed by atoms with Crippen molar-refractivity contribution in [1.29, 1.82) is 0 Å². The van der Waals surface area contributed by atoms with E-state index in [0.717, 1.165) is 49.1 Å². The standard InChI is InChI=1S/C24H25FN6O/c1-24(32,14-2-3-14)7-6-15-8-18-19(22-20(25)9-28-23(26)29-22)13-31(21(18)10-27-15)17-11-30(12-17)16-4-5-16/h8-10,13-14,16-17,32H,2-5,11-12H2,1H3,(H2,26,28,29). The highest BCUT2D eigenvalue weighted by Gasteiger charge is 2.40. The quantitative estimate of drug-likeness (QED) is 0.616. The average Bonchev–Trinajstić information content (AvgIpc) is 3.64. The molecule has 164 valence electrons. The number of hydrogen-bond donors (Lipinski definition) is 2. The Balaban J connectivity index is 1.43. The molecular formula is C24H25FN6O. The predicted molar refractivity (Wildman–Crippen MR) is 119 cm³/mol. The van der Waals surface area contributed by atoms with Gasteiger partial charge >= 0.3 is 0 Å². The Morgan fingerprint density at radius 3 is 2.66 bits per heavy atom. The zero-order valence-electron chi connectivity index (χ0n) is 17.9. The molecule has 1 atom stereocenters. The van der Waals surface area contributed by atoms with E-state index in [0.29, 0.717) is 17.3 Å². The second-order valence-electron chi connectivity index (χ2n) is 9.47. The number of aliphatic hydroxyl groups is 1. The van der Waals surface area contributed by atoms with Gasteiger partial charge in [0, 0.05) is 36.3 Å². The maximum absolute atomic E-state index is 14.7. The molecular weight excluding hydrogens is 407 g/mol. The van der Waals surface area contributed by atoms with E-state index in [4.69, 9.17) is 5.73 Å². The Labute approximate surface area is 185 Å². The van der Waals surface area contributed by atoms with Crippen LogP contribution in [-0.4, -0.2) is 54.3 Å². The number of aromatic nitrogens is 4. The van der Waals surface area contributed by atoms with Gasteiger partial charge in [-0.3, -0.25) is 4.90 Å². The van der Waals surface area contributed by atoms with Crippen molar-refractivity contribution in [3.05, 3.63) is 36.2 Å². The molecule has 3 aliphatic rings. The molecule has 0 radical (unpaired) electrons. The minimum absolute atomic E-state index is 0.0282. The highest BCUT2D eigenvalue weighted by atomic mass is 19.1. The van der Waals surface area contributed by atoms with E-state index < -0.39 is 11.4 Å². The third-order valence-corrected chi connectivity index (χ3v) is 6.90. The van der Waals surface area contributed by atoms with E-state index in [2.05, 4.69) is 36.3 Å². The summed E-state index contributed by atoms with van der Waals surface area (Å²) in [6.45, 7) is 3.71. The first kappa shape index (κ1) is 19.6. The van der Waals surface area contributed by atoms with E-state index in [1.165, 1.54) is 12.8 Å². The van der Waals surface area contributed by atoms with Gasteiger partial charge in [-0.1, -0.05) is 5.92 Å². The predicted octanol–water partition coefficient (Wildman–Crippen LogP) is 2.75. The molecule has 0 aromatic carbocycles. The van der Waals surface area contributed by atoms with Gasteiger partial charge in [-0.2, -0.15) is 0 Å². The summed E-state index contributed by atoms with van der Waals surface area (Å²) in [5.41, 5.74) is 7.02. The Morgan fingerprint density at radius 2 is 1.94 bits per heavy atom. The number of nitrogen functional groups attached to an aromatic ring is 1. The highest BCUT2D eigenvalue weighted by molar-refractivity contribution is 5.95. The number of fused-ring (bicyclic) bond motifs is 1. The van der Waals surface area contributed by atoms with Crippen LogP contribution in [0.5, 0.6) is 0 Å². The van der Waals surface area contributed by atoms with Crippen molar-refractivity contribution in [1.82, 2.24) is 24.4 Å². The van der Waals surface area contributed by atoms with Crippen LogP contribution in [0.25, 0.3) is 22.2 Å². The fourth-order valence-corrected chi connectivity index (χ4v) is 4.62. The second kappa shape index (κ2) is 6.99. The smallest absolute Gasteiger partial charge is 0.220 e. The molecule has 3 aromatic heterocycles. The zero-order valence-corrected chi connectivity index (χ0v) is 17.9. The van der Waals surface area contributed by atoms with Gasteiger partial charge in [-0.05, 0) is 50.5 Å². The fraction of sp³-hybridized carbons (Fsp3) is 0.458. The Morgan fingerprint density at radius 1 is 1.16 bits per heavy atom. The van der Waals surface area contributed by atoms with Crippen LogP contribution in [0.1, 0.15) is 44.3 Å². The Hall–Kier alpha value is -3.02. The van der Waals surface area contributed by atoms with Crippen molar-refractivity contribution >= 4 is 16.9 Å². The molecule has 1 aliphatic heterocycles. The molecule has 3 aromatic rings. The van der Waals surface area contributed by atoms with Crippen molar-refractivity contribution < 1.29 is 9.50 Å². The van der Waals surface area contributed by atoms with E-state index in [1.807, 2.05) is 12.3 Å². The summed E-state index contributed by atoms with van der Waals surface area (Å²) < 4.78 is 16.9. The van der Waals surface area contributed by atoms with Crippen LogP contribution < -0.4 is 5.73 Å². The van der Waals surface area contributed by atoms with Gasteiger partial charge in [0.1, 0.15) is 17.0 Å². The van der Waals surface area contributed by atoms with Crippen molar-refractivity contribution in [2.75, 3.05) is 18.8 Å². The SMILES string of the molecule is CC(O)(C#Cc1cc2c(-c3nc(N)ncc3F)cn(C3CN(C4CC4)C3)c2cn1)C1CC1. The van der Waals surface area contributed by atoms with Crippen LogP contribution in [-0.2, 0) is 0 Å². The van der Waals surface area contributed by atoms with Gasteiger partial charge < -0.3 is 15.4 Å².